The van der Waals surface area contributed by atoms with E-state index in [1.54, 1.807) is 13.8 Å². The highest BCUT2D eigenvalue weighted by Gasteiger charge is 2.13. The van der Waals surface area contributed by atoms with Crippen LogP contribution in [0.1, 0.15) is 41.8 Å². The standard InChI is InChI=1S/C21H24N2O2/c1-21(2,25)11-9-15-5-3-6-16(13-15)20(24)23-14-17-7-4-8-19-18(17)10-12-22-19/h3-8,10,12-13,22,25H,9,11,14H2,1-2H3,(H,23,24). The monoisotopic (exact) mass is 336 g/mol. The third-order valence-electron chi connectivity index (χ3n) is 4.34. The highest BCUT2D eigenvalue weighted by molar-refractivity contribution is 5.94. The Morgan fingerprint density at radius 1 is 1.16 bits per heavy atom. The molecule has 0 aliphatic rings. The Hall–Kier alpha value is -2.59. The molecule has 0 atom stereocenters. The van der Waals surface area contributed by atoms with Crippen molar-refractivity contribution >= 4 is 16.8 Å². The fourth-order valence-electron chi connectivity index (χ4n) is 2.90. The summed E-state index contributed by atoms with van der Waals surface area (Å²) < 4.78 is 0. The van der Waals surface area contributed by atoms with Crippen molar-refractivity contribution in [3.05, 3.63) is 71.4 Å². The molecule has 0 aliphatic heterocycles. The first-order valence-electron chi connectivity index (χ1n) is 8.57. The molecule has 0 saturated carbocycles. The van der Waals surface area contributed by atoms with Gasteiger partial charge in [0, 0.05) is 29.2 Å². The van der Waals surface area contributed by atoms with Gasteiger partial charge < -0.3 is 15.4 Å². The summed E-state index contributed by atoms with van der Waals surface area (Å²) in [6.07, 6.45) is 3.31. The van der Waals surface area contributed by atoms with Crippen molar-refractivity contribution in [3.8, 4) is 0 Å². The van der Waals surface area contributed by atoms with Gasteiger partial charge in [-0.1, -0.05) is 24.3 Å². The van der Waals surface area contributed by atoms with E-state index < -0.39 is 5.60 Å². The third kappa shape index (κ3) is 4.48. The Kier molecular flexibility index (Phi) is 4.91. The van der Waals surface area contributed by atoms with Gasteiger partial charge in [0.15, 0.2) is 0 Å². The smallest absolute Gasteiger partial charge is 0.251 e. The molecule has 0 radical (unpaired) electrons. The first-order valence-corrected chi connectivity index (χ1v) is 8.57. The van der Waals surface area contributed by atoms with Crippen molar-refractivity contribution in [2.24, 2.45) is 0 Å². The van der Waals surface area contributed by atoms with Crippen LogP contribution in [0.25, 0.3) is 10.9 Å². The lowest BCUT2D eigenvalue weighted by Crippen LogP contribution is -2.23. The Morgan fingerprint density at radius 2 is 1.96 bits per heavy atom. The minimum absolute atomic E-state index is 0.0855. The molecule has 0 saturated heterocycles. The van der Waals surface area contributed by atoms with Crippen molar-refractivity contribution in [1.29, 1.82) is 0 Å². The molecule has 1 heterocycles. The molecule has 1 amide bonds. The summed E-state index contributed by atoms with van der Waals surface area (Å²) in [6.45, 7) is 4.08. The number of H-pyrrole nitrogens is 1. The van der Waals surface area contributed by atoms with E-state index in [0.29, 0.717) is 18.5 Å². The van der Waals surface area contributed by atoms with Gasteiger partial charge >= 0.3 is 0 Å². The van der Waals surface area contributed by atoms with Crippen molar-refractivity contribution in [1.82, 2.24) is 10.3 Å². The molecule has 4 nitrogen and oxygen atoms in total. The predicted octanol–water partition coefficient (Wildman–Crippen LogP) is 3.80. The van der Waals surface area contributed by atoms with Gasteiger partial charge in [-0.25, -0.2) is 0 Å². The van der Waals surface area contributed by atoms with Crippen molar-refractivity contribution in [2.75, 3.05) is 0 Å². The Balaban J connectivity index is 1.66. The molecule has 3 N–H and O–H groups in total. The second-order valence-electron chi connectivity index (χ2n) is 7.05. The number of fused-ring (bicyclic) bond motifs is 1. The summed E-state index contributed by atoms with van der Waals surface area (Å²) in [5.74, 6) is -0.0855. The zero-order chi connectivity index (χ0) is 17.9. The van der Waals surface area contributed by atoms with E-state index in [1.165, 1.54) is 0 Å². The van der Waals surface area contributed by atoms with Crippen LogP contribution in [0.15, 0.2) is 54.7 Å². The van der Waals surface area contributed by atoms with Crippen molar-refractivity contribution < 1.29 is 9.90 Å². The van der Waals surface area contributed by atoms with Gasteiger partial charge in [-0.3, -0.25) is 4.79 Å². The van der Waals surface area contributed by atoms with Crippen LogP contribution < -0.4 is 5.32 Å². The van der Waals surface area contributed by atoms with E-state index in [0.717, 1.165) is 28.5 Å². The average molecular weight is 336 g/mol. The van der Waals surface area contributed by atoms with Crippen molar-refractivity contribution in [3.63, 3.8) is 0 Å². The fourth-order valence-corrected chi connectivity index (χ4v) is 2.90. The van der Waals surface area contributed by atoms with E-state index in [-0.39, 0.29) is 5.91 Å². The number of carbonyl (C=O) groups is 1. The second-order valence-corrected chi connectivity index (χ2v) is 7.05. The van der Waals surface area contributed by atoms with E-state index in [9.17, 15) is 9.90 Å². The highest BCUT2D eigenvalue weighted by atomic mass is 16.3. The van der Waals surface area contributed by atoms with Crippen LogP contribution in [-0.2, 0) is 13.0 Å². The number of hydrogen-bond acceptors (Lipinski definition) is 2. The molecule has 25 heavy (non-hydrogen) atoms. The molecule has 3 rings (SSSR count). The molecule has 1 aromatic heterocycles. The van der Waals surface area contributed by atoms with E-state index >= 15 is 0 Å². The third-order valence-corrected chi connectivity index (χ3v) is 4.34. The largest absolute Gasteiger partial charge is 0.390 e. The molecular formula is C21H24N2O2. The SMILES string of the molecule is CC(C)(O)CCc1cccc(C(=O)NCc2cccc3[nH]ccc23)c1. The number of aryl methyl sites for hydroxylation is 1. The summed E-state index contributed by atoms with van der Waals surface area (Å²) in [6, 6.07) is 15.6. The minimum atomic E-state index is -0.701. The van der Waals surface area contributed by atoms with Gasteiger partial charge in [0.05, 0.1) is 5.60 Å². The second kappa shape index (κ2) is 7.11. The summed E-state index contributed by atoms with van der Waals surface area (Å²) in [4.78, 5) is 15.7. The van der Waals surface area contributed by atoms with Crippen LogP contribution in [0.3, 0.4) is 0 Å². The number of benzene rings is 2. The number of aromatic nitrogens is 1. The van der Waals surface area contributed by atoms with Gasteiger partial charge in [-0.15, -0.1) is 0 Å². The van der Waals surface area contributed by atoms with Crippen molar-refractivity contribution in [2.45, 2.75) is 38.8 Å². The van der Waals surface area contributed by atoms with E-state index in [2.05, 4.69) is 10.3 Å². The van der Waals surface area contributed by atoms with Crippen LogP contribution in [0, 0.1) is 0 Å². The molecule has 0 aliphatic carbocycles. The number of aliphatic hydroxyl groups is 1. The molecule has 4 heteroatoms. The maximum absolute atomic E-state index is 12.5. The molecule has 130 valence electrons. The maximum atomic E-state index is 12.5. The first kappa shape index (κ1) is 17.2. The van der Waals surface area contributed by atoms with Gasteiger partial charge in [-0.05, 0) is 62.1 Å². The summed E-state index contributed by atoms with van der Waals surface area (Å²) >= 11 is 0. The summed E-state index contributed by atoms with van der Waals surface area (Å²) in [5, 5.41) is 14.0. The van der Waals surface area contributed by atoms with E-state index in [4.69, 9.17) is 0 Å². The molecule has 0 fully saturated rings. The van der Waals surface area contributed by atoms with Gasteiger partial charge in [0.1, 0.15) is 0 Å². The van der Waals surface area contributed by atoms with Gasteiger partial charge in [0.25, 0.3) is 5.91 Å². The highest BCUT2D eigenvalue weighted by Crippen LogP contribution is 2.18. The number of amides is 1. The number of nitrogens with one attached hydrogen (secondary N) is 2. The lowest BCUT2D eigenvalue weighted by Gasteiger charge is -2.16. The van der Waals surface area contributed by atoms with Crippen LogP contribution in [-0.4, -0.2) is 21.6 Å². The van der Waals surface area contributed by atoms with Crippen LogP contribution in [0.2, 0.25) is 0 Å². The molecule has 0 spiro atoms. The molecule has 0 unspecified atom stereocenters. The average Bonchev–Trinajstić information content (AvgIpc) is 3.07. The topological polar surface area (TPSA) is 65.1 Å². The zero-order valence-electron chi connectivity index (χ0n) is 14.7. The lowest BCUT2D eigenvalue weighted by molar-refractivity contribution is 0.0714. The quantitative estimate of drug-likeness (QED) is 0.641. The maximum Gasteiger partial charge on any atom is 0.251 e. The number of aromatic amines is 1. The molecule has 3 aromatic rings. The van der Waals surface area contributed by atoms with Gasteiger partial charge in [-0.2, -0.15) is 0 Å². The van der Waals surface area contributed by atoms with Gasteiger partial charge in [0.2, 0.25) is 0 Å². The number of hydrogen-bond donors (Lipinski definition) is 3. The normalized spacial score (nSPS) is 11.6. The lowest BCUT2D eigenvalue weighted by atomic mass is 9.98. The molecular weight excluding hydrogens is 312 g/mol. The van der Waals surface area contributed by atoms with Crippen LogP contribution in [0.4, 0.5) is 0 Å². The minimum Gasteiger partial charge on any atom is -0.390 e. The summed E-state index contributed by atoms with van der Waals surface area (Å²) in [7, 11) is 0. The van der Waals surface area contributed by atoms with Crippen LogP contribution in [0.5, 0.6) is 0 Å². The first-order chi connectivity index (χ1) is 11.9. The molecule has 0 bridgehead atoms. The Morgan fingerprint density at radius 3 is 2.76 bits per heavy atom. The zero-order valence-corrected chi connectivity index (χ0v) is 14.7. The Labute approximate surface area is 147 Å². The van der Waals surface area contributed by atoms with E-state index in [1.807, 2.05) is 54.7 Å². The predicted molar refractivity (Wildman–Crippen MR) is 101 cm³/mol. The Bertz CT molecular complexity index is 875. The van der Waals surface area contributed by atoms with Crippen LogP contribution >= 0.6 is 0 Å². The fraction of sp³-hybridized carbons (Fsp3) is 0.286. The summed E-state index contributed by atoms with van der Waals surface area (Å²) in [5.41, 5.74) is 3.16. The molecule has 2 aromatic carbocycles. The number of carbonyl (C=O) groups excluding carboxylic acids is 1. The number of rotatable bonds is 6.